The summed E-state index contributed by atoms with van der Waals surface area (Å²) in [7, 11) is 3.66. The molecule has 0 aromatic carbocycles. The van der Waals surface area contributed by atoms with Crippen molar-refractivity contribution in [2.24, 2.45) is 0 Å². The second kappa shape index (κ2) is 6.01. The number of aromatic nitrogens is 2. The van der Waals surface area contributed by atoms with Crippen LogP contribution in [-0.4, -0.2) is 30.4 Å². The lowest BCUT2D eigenvalue weighted by Gasteiger charge is -2.12. The second-order valence-corrected chi connectivity index (χ2v) is 3.42. The molecule has 1 N–H and O–H groups in total. The van der Waals surface area contributed by atoms with Gasteiger partial charge >= 0.3 is 0 Å². The van der Waals surface area contributed by atoms with Gasteiger partial charge in [-0.25, -0.2) is 0 Å². The van der Waals surface area contributed by atoms with Crippen LogP contribution in [0.2, 0.25) is 0 Å². The Balaban J connectivity index is 2.35. The van der Waals surface area contributed by atoms with Crippen LogP contribution in [0, 0.1) is 0 Å². The molecule has 0 spiro atoms. The van der Waals surface area contributed by atoms with E-state index in [1.165, 1.54) is 11.5 Å². The molecule has 1 rings (SSSR count). The zero-order valence-electron chi connectivity index (χ0n) is 7.99. The number of hydrogen-bond donors (Lipinski definition) is 1. The molecule has 74 valence electrons. The van der Waals surface area contributed by atoms with Gasteiger partial charge in [0.25, 0.3) is 0 Å². The van der Waals surface area contributed by atoms with Crippen molar-refractivity contribution in [2.45, 2.75) is 18.9 Å². The summed E-state index contributed by atoms with van der Waals surface area (Å²) in [6, 6.07) is 0.314. The maximum atomic E-state index is 4.99. The fourth-order valence-electron chi connectivity index (χ4n) is 1.20. The van der Waals surface area contributed by atoms with Gasteiger partial charge in [0.05, 0.1) is 11.7 Å². The van der Waals surface area contributed by atoms with Crippen LogP contribution in [0.25, 0.3) is 0 Å². The van der Waals surface area contributed by atoms with E-state index >= 15 is 0 Å². The topological polar surface area (TPSA) is 47.0 Å². The van der Waals surface area contributed by atoms with E-state index in [2.05, 4.69) is 14.9 Å². The number of nitrogens with one attached hydrogen (secondary N) is 1. The van der Waals surface area contributed by atoms with Crippen LogP contribution in [-0.2, 0) is 4.74 Å². The average molecular weight is 201 g/mol. The van der Waals surface area contributed by atoms with E-state index in [4.69, 9.17) is 4.74 Å². The summed E-state index contributed by atoms with van der Waals surface area (Å²) in [6.45, 7) is 0.801. The lowest BCUT2D eigenvalue weighted by Crippen LogP contribution is -2.17. The molecule has 0 aliphatic heterocycles. The lowest BCUT2D eigenvalue weighted by atomic mass is 10.1. The van der Waals surface area contributed by atoms with Crippen molar-refractivity contribution in [2.75, 3.05) is 20.8 Å². The molecule has 0 radical (unpaired) electrons. The van der Waals surface area contributed by atoms with Crippen molar-refractivity contribution in [3.8, 4) is 0 Å². The number of hydrogen-bond acceptors (Lipinski definition) is 5. The van der Waals surface area contributed by atoms with Gasteiger partial charge in [0.2, 0.25) is 0 Å². The van der Waals surface area contributed by atoms with Gasteiger partial charge in [0.1, 0.15) is 0 Å². The number of rotatable bonds is 6. The van der Waals surface area contributed by atoms with E-state index in [0.29, 0.717) is 6.04 Å². The van der Waals surface area contributed by atoms with Gasteiger partial charge in [0.15, 0.2) is 0 Å². The first-order valence-electron chi connectivity index (χ1n) is 4.31. The standard InChI is InChI=1S/C8H15N3OS/c1-9-7(4-3-5-12-2)8-6-13-11-10-8/h6-7,9H,3-5H2,1-2H3. The lowest BCUT2D eigenvalue weighted by molar-refractivity contribution is 0.189. The van der Waals surface area contributed by atoms with Crippen LogP contribution in [0.4, 0.5) is 0 Å². The van der Waals surface area contributed by atoms with Gasteiger partial charge in [0, 0.05) is 19.1 Å². The Bertz CT molecular complexity index is 215. The Morgan fingerprint density at radius 1 is 1.69 bits per heavy atom. The molecular formula is C8H15N3OS. The van der Waals surface area contributed by atoms with Crippen molar-refractivity contribution in [1.82, 2.24) is 14.9 Å². The minimum Gasteiger partial charge on any atom is -0.385 e. The van der Waals surface area contributed by atoms with E-state index in [0.717, 1.165) is 25.1 Å². The van der Waals surface area contributed by atoms with Crippen molar-refractivity contribution < 1.29 is 4.74 Å². The fourth-order valence-corrected chi connectivity index (χ4v) is 1.70. The molecule has 0 amide bonds. The first-order valence-corrected chi connectivity index (χ1v) is 5.15. The molecule has 1 aromatic heterocycles. The minimum atomic E-state index is 0.314. The Hall–Kier alpha value is -0.520. The highest BCUT2D eigenvalue weighted by atomic mass is 32.1. The van der Waals surface area contributed by atoms with Crippen LogP contribution in [0.1, 0.15) is 24.6 Å². The van der Waals surface area contributed by atoms with Gasteiger partial charge in [-0.15, -0.1) is 5.10 Å². The third kappa shape index (κ3) is 3.38. The van der Waals surface area contributed by atoms with Crippen LogP contribution >= 0.6 is 11.5 Å². The molecule has 0 bridgehead atoms. The molecule has 5 heteroatoms. The molecule has 13 heavy (non-hydrogen) atoms. The largest absolute Gasteiger partial charge is 0.385 e. The zero-order valence-corrected chi connectivity index (χ0v) is 8.80. The molecule has 0 aliphatic carbocycles. The molecule has 1 atom stereocenters. The highest BCUT2D eigenvalue weighted by Gasteiger charge is 2.10. The molecule has 1 unspecified atom stereocenters. The van der Waals surface area contributed by atoms with Crippen molar-refractivity contribution in [3.05, 3.63) is 11.1 Å². The van der Waals surface area contributed by atoms with Crippen molar-refractivity contribution in [1.29, 1.82) is 0 Å². The summed E-state index contributed by atoms with van der Waals surface area (Å²) in [5.41, 5.74) is 1.03. The van der Waals surface area contributed by atoms with Crippen LogP contribution < -0.4 is 5.32 Å². The third-order valence-corrected chi connectivity index (χ3v) is 2.45. The smallest absolute Gasteiger partial charge is 0.0924 e. The maximum Gasteiger partial charge on any atom is 0.0924 e. The van der Waals surface area contributed by atoms with Gasteiger partial charge in [-0.2, -0.15) is 0 Å². The Kier molecular flexibility index (Phi) is 4.88. The summed E-state index contributed by atoms with van der Waals surface area (Å²) in [5.74, 6) is 0. The van der Waals surface area contributed by atoms with Crippen LogP contribution in [0.3, 0.4) is 0 Å². The van der Waals surface area contributed by atoms with Gasteiger partial charge in [-0.05, 0) is 31.4 Å². The number of nitrogens with zero attached hydrogens (tertiary/aromatic N) is 2. The van der Waals surface area contributed by atoms with E-state index in [1.807, 2.05) is 12.4 Å². The molecule has 0 saturated carbocycles. The Morgan fingerprint density at radius 3 is 3.08 bits per heavy atom. The summed E-state index contributed by atoms with van der Waals surface area (Å²) in [6.07, 6.45) is 2.08. The molecular weight excluding hydrogens is 186 g/mol. The van der Waals surface area contributed by atoms with Gasteiger partial charge in [-0.3, -0.25) is 0 Å². The summed E-state index contributed by atoms with van der Waals surface area (Å²) >= 11 is 1.39. The van der Waals surface area contributed by atoms with Crippen molar-refractivity contribution in [3.63, 3.8) is 0 Å². The summed E-state index contributed by atoms with van der Waals surface area (Å²) in [5, 5.41) is 9.22. The first kappa shape index (κ1) is 10.6. The molecule has 1 heterocycles. The summed E-state index contributed by atoms with van der Waals surface area (Å²) in [4.78, 5) is 0. The second-order valence-electron chi connectivity index (χ2n) is 2.81. The van der Waals surface area contributed by atoms with Gasteiger partial charge in [-0.1, -0.05) is 4.49 Å². The highest BCUT2D eigenvalue weighted by Crippen LogP contribution is 2.16. The predicted molar refractivity (Wildman–Crippen MR) is 52.8 cm³/mol. The van der Waals surface area contributed by atoms with E-state index < -0.39 is 0 Å². The summed E-state index contributed by atoms with van der Waals surface area (Å²) < 4.78 is 8.83. The highest BCUT2D eigenvalue weighted by molar-refractivity contribution is 7.03. The van der Waals surface area contributed by atoms with E-state index in [-0.39, 0.29) is 0 Å². The zero-order chi connectivity index (χ0) is 9.52. The maximum absolute atomic E-state index is 4.99. The first-order chi connectivity index (χ1) is 6.38. The normalized spacial score (nSPS) is 13.1. The monoisotopic (exact) mass is 201 g/mol. The van der Waals surface area contributed by atoms with E-state index in [1.54, 1.807) is 7.11 Å². The third-order valence-electron chi connectivity index (χ3n) is 1.92. The molecule has 1 aromatic rings. The number of methoxy groups -OCH3 is 1. The molecule has 4 nitrogen and oxygen atoms in total. The number of ether oxygens (including phenoxy) is 1. The molecule has 0 saturated heterocycles. The molecule has 0 aliphatic rings. The Labute approximate surface area is 82.5 Å². The van der Waals surface area contributed by atoms with Crippen molar-refractivity contribution >= 4 is 11.5 Å². The molecule has 0 fully saturated rings. The minimum absolute atomic E-state index is 0.314. The van der Waals surface area contributed by atoms with Crippen LogP contribution in [0.15, 0.2) is 5.38 Å². The van der Waals surface area contributed by atoms with Gasteiger partial charge < -0.3 is 10.1 Å². The fraction of sp³-hybridized carbons (Fsp3) is 0.750. The quantitative estimate of drug-likeness (QED) is 0.703. The Morgan fingerprint density at radius 2 is 2.54 bits per heavy atom. The van der Waals surface area contributed by atoms with E-state index in [9.17, 15) is 0 Å². The van der Waals surface area contributed by atoms with Crippen LogP contribution in [0.5, 0.6) is 0 Å². The SMILES string of the molecule is CNC(CCCOC)c1csnn1. The predicted octanol–water partition coefficient (Wildman–Crippen LogP) is 1.23. The average Bonchev–Trinajstić information content (AvgIpc) is 2.65.